The zero-order chi connectivity index (χ0) is 19.8. The SMILES string of the molecule is CCN1C(=O)C(=Cc2cn(Cc3ccc(Cl)cc3Cl)c3ccccc23)NC1=S. The first-order valence-electron chi connectivity index (χ1n) is 8.84. The monoisotopic (exact) mass is 429 g/mol. The summed E-state index contributed by atoms with van der Waals surface area (Å²) in [5.41, 5.74) is 3.46. The van der Waals surface area contributed by atoms with E-state index in [1.165, 1.54) is 0 Å². The summed E-state index contributed by atoms with van der Waals surface area (Å²) in [6.45, 7) is 3.04. The molecule has 0 radical (unpaired) electrons. The van der Waals surface area contributed by atoms with Gasteiger partial charge in [-0.1, -0.05) is 47.5 Å². The molecule has 28 heavy (non-hydrogen) atoms. The maximum atomic E-state index is 12.5. The van der Waals surface area contributed by atoms with Gasteiger partial charge in [-0.05, 0) is 49.0 Å². The smallest absolute Gasteiger partial charge is 0.276 e. The zero-order valence-electron chi connectivity index (χ0n) is 15.1. The molecule has 1 aromatic heterocycles. The minimum atomic E-state index is -0.106. The van der Waals surface area contributed by atoms with Crippen molar-refractivity contribution in [2.45, 2.75) is 13.5 Å². The molecule has 1 fully saturated rings. The molecule has 4 nitrogen and oxygen atoms in total. The van der Waals surface area contributed by atoms with Crippen molar-refractivity contribution >= 4 is 63.4 Å². The number of rotatable bonds is 4. The fraction of sp³-hybridized carbons (Fsp3) is 0.143. The number of hydrogen-bond acceptors (Lipinski definition) is 2. The first kappa shape index (κ1) is 19.0. The van der Waals surface area contributed by atoms with Crippen LogP contribution in [0.2, 0.25) is 10.0 Å². The Morgan fingerprint density at radius 1 is 1.18 bits per heavy atom. The predicted octanol–water partition coefficient (Wildman–Crippen LogP) is 5.07. The number of para-hydroxylation sites is 1. The summed E-state index contributed by atoms with van der Waals surface area (Å²) < 4.78 is 2.12. The number of carbonyl (C=O) groups excluding carboxylic acids is 1. The number of benzene rings is 2. The quantitative estimate of drug-likeness (QED) is 0.464. The molecule has 7 heteroatoms. The van der Waals surface area contributed by atoms with Crippen LogP contribution in [0.15, 0.2) is 54.4 Å². The molecule has 2 aromatic carbocycles. The van der Waals surface area contributed by atoms with E-state index in [9.17, 15) is 4.79 Å². The maximum absolute atomic E-state index is 12.5. The van der Waals surface area contributed by atoms with E-state index < -0.39 is 0 Å². The van der Waals surface area contributed by atoms with E-state index in [1.807, 2.05) is 55.6 Å². The lowest BCUT2D eigenvalue weighted by Crippen LogP contribution is -2.30. The second-order valence-electron chi connectivity index (χ2n) is 6.50. The van der Waals surface area contributed by atoms with Crippen molar-refractivity contribution in [3.8, 4) is 0 Å². The highest BCUT2D eigenvalue weighted by Crippen LogP contribution is 2.28. The van der Waals surface area contributed by atoms with Crippen molar-refractivity contribution in [3.05, 3.63) is 75.5 Å². The van der Waals surface area contributed by atoms with E-state index in [-0.39, 0.29) is 5.91 Å². The van der Waals surface area contributed by atoms with Gasteiger partial charge in [0.15, 0.2) is 5.11 Å². The molecule has 142 valence electrons. The normalized spacial score (nSPS) is 15.7. The fourth-order valence-electron chi connectivity index (χ4n) is 3.37. The number of halogens is 2. The van der Waals surface area contributed by atoms with E-state index in [0.29, 0.717) is 33.9 Å². The Balaban J connectivity index is 1.76. The highest BCUT2D eigenvalue weighted by atomic mass is 35.5. The zero-order valence-corrected chi connectivity index (χ0v) is 17.4. The summed E-state index contributed by atoms with van der Waals surface area (Å²) in [5.74, 6) is -0.106. The number of carbonyl (C=O) groups is 1. The minimum absolute atomic E-state index is 0.106. The van der Waals surface area contributed by atoms with Crippen molar-refractivity contribution in [1.82, 2.24) is 14.8 Å². The molecule has 0 saturated carbocycles. The minimum Gasteiger partial charge on any atom is -0.342 e. The predicted molar refractivity (Wildman–Crippen MR) is 119 cm³/mol. The van der Waals surface area contributed by atoms with Gasteiger partial charge in [0.05, 0.1) is 0 Å². The Bertz CT molecular complexity index is 1140. The van der Waals surface area contributed by atoms with Gasteiger partial charge in [-0.25, -0.2) is 0 Å². The van der Waals surface area contributed by atoms with Crippen LogP contribution in [0.3, 0.4) is 0 Å². The number of fused-ring (bicyclic) bond motifs is 1. The first-order chi connectivity index (χ1) is 13.5. The largest absolute Gasteiger partial charge is 0.342 e. The third kappa shape index (κ3) is 3.41. The summed E-state index contributed by atoms with van der Waals surface area (Å²) in [7, 11) is 0. The third-order valence-corrected chi connectivity index (χ3v) is 5.66. The van der Waals surface area contributed by atoms with E-state index in [4.69, 9.17) is 35.4 Å². The van der Waals surface area contributed by atoms with E-state index >= 15 is 0 Å². The fourth-order valence-corrected chi connectivity index (χ4v) is 4.16. The molecule has 3 aromatic rings. The highest BCUT2D eigenvalue weighted by Gasteiger charge is 2.29. The Morgan fingerprint density at radius 3 is 2.68 bits per heavy atom. The van der Waals surface area contributed by atoms with Gasteiger partial charge in [0.25, 0.3) is 5.91 Å². The summed E-state index contributed by atoms with van der Waals surface area (Å²) in [4.78, 5) is 14.1. The van der Waals surface area contributed by atoms with Crippen molar-refractivity contribution < 1.29 is 4.79 Å². The van der Waals surface area contributed by atoms with E-state index in [0.717, 1.165) is 22.0 Å². The van der Waals surface area contributed by atoms with Gasteiger partial charge in [-0.3, -0.25) is 9.69 Å². The number of amides is 1. The summed E-state index contributed by atoms with van der Waals surface area (Å²) in [6, 6.07) is 13.6. The number of nitrogens with zero attached hydrogens (tertiary/aromatic N) is 2. The van der Waals surface area contributed by atoms with Crippen LogP contribution in [0, 0.1) is 0 Å². The number of thiocarbonyl (C=S) groups is 1. The summed E-state index contributed by atoms with van der Waals surface area (Å²) in [5, 5.41) is 5.74. The van der Waals surface area contributed by atoms with Gasteiger partial charge >= 0.3 is 0 Å². The van der Waals surface area contributed by atoms with Crippen LogP contribution in [0.1, 0.15) is 18.1 Å². The Labute approximate surface area is 178 Å². The van der Waals surface area contributed by atoms with Crippen molar-refractivity contribution in [3.63, 3.8) is 0 Å². The van der Waals surface area contributed by atoms with Crippen molar-refractivity contribution in [2.75, 3.05) is 6.54 Å². The first-order valence-corrected chi connectivity index (χ1v) is 10.0. The summed E-state index contributed by atoms with van der Waals surface area (Å²) >= 11 is 17.6. The van der Waals surface area contributed by atoms with E-state index in [2.05, 4.69) is 9.88 Å². The topological polar surface area (TPSA) is 37.3 Å². The standard InChI is InChI=1S/C21H17Cl2N3OS/c1-2-26-20(27)18(24-21(26)28)9-14-12-25(19-6-4-3-5-16(14)19)11-13-7-8-15(22)10-17(13)23/h3-10,12H,2,11H2,1H3,(H,24,28). The third-order valence-electron chi connectivity index (χ3n) is 4.75. The maximum Gasteiger partial charge on any atom is 0.276 e. The molecule has 1 saturated heterocycles. The molecule has 0 spiro atoms. The van der Waals surface area contributed by atoms with Crippen LogP contribution in [0.5, 0.6) is 0 Å². The molecule has 1 aliphatic rings. The van der Waals surface area contributed by atoms with Crippen LogP contribution < -0.4 is 5.32 Å². The van der Waals surface area contributed by atoms with Gasteiger partial charge in [0.2, 0.25) is 0 Å². The number of likely N-dealkylation sites (N-methyl/N-ethyl adjacent to an activating group) is 1. The number of aromatic nitrogens is 1. The van der Waals surface area contributed by atoms with Crippen molar-refractivity contribution in [1.29, 1.82) is 0 Å². The average Bonchev–Trinajstić information content (AvgIpc) is 3.15. The molecule has 1 amide bonds. The Kier molecular flexibility index (Phi) is 5.15. The lowest BCUT2D eigenvalue weighted by atomic mass is 10.1. The molecule has 0 aliphatic carbocycles. The van der Waals surface area contributed by atoms with Crippen molar-refractivity contribution in [2.24, 2.45) is 0 Å². The van der Waals surface area contributed by atoms with Gasteiger partial charge in [0, 0.05) is 45.8 Å². The van der Waals surface area contributed by atoms with Gasteiger partial charge in [-0.15, -0.1) is 0 Å². The van der Waals surface area contributed by atoms with E-state index in [1.54, 1.807) is 11.0 Å². The second-order valence-corrected chi connectivity index (χ2v) is 7.73. The highest BCUT2D eigenvalue weighted by molar-refractivity contribution is 7.80. The van der Waals surface area contributed by atoms with Crippen LogP contribution in [-0.4, -0.2) is 27.0 Å². The molecule has 2 heterocycles. The molecule has 4 rings (SSSR count). The Hall–Kier alpha value is -2.34. The van der Waals surface area contributed by atoms with Gasteiger partial charge in [-0.2, -0.15) is 0 Å². The number of nitrogens with one attached hydrogen (secondary N) is 1. The number of hydrogen-bond donors (Lipinski definition) is 1. The lowest BCUT2D eigenvalue weighted by molar-refractivity contribution is -0.122. The lowest BCUT2D eigenvalue weighted by Gasteiger charge is -2.08. The molecule has 0 bridgehead atoms. The summed E-state index contributed by atoms with van der Waals surface area (Å²) in [6.07, 6.45) is 3.88. The van der Waals surface area contributed by atoms with Gasteiger partial charge < -0.3 is 9.88 Å². The molecular formula is C21H17Cl2N3OS. The van der Waals surface area contributed by atoms with Crippen LogP contribution in [0.25, 0.3) is 17.0 Å². The second kappa shape index (κ2) is 7.59. The van der Waals surface area contributed by atoms with Crippen LogP contribution >= 0.6 is 35.4 Å². The molecular weight excluding hydrogens is 413 g/mol. The molecule has 1 N–H and O–H groups in total. The van der Waals surface area contributed by atoms with Crippen LogP contribution in [0.4, 0.5) is 0 Å². The average molecular weight is 430 g/mol. The van der Waals surface area contributed by atoms with Crippen LogP contribution in [-0.2, 0) is 11.3 Å². The molecule has 0 atom stereocenters. The Morgan fingerprint density at radius 2 is 1.96 bits per heavy atom. The molecule has 1 aliphatic heterocycles. The molecule has 0 unspecified atom stereocenters. The van der Waals surface area contributed by atoms with Gasteiger partial charge in [0.1, 0.15) is 5.70 Å².